The zero-order chi connectivity index (χ0) is 25.3. The molecule has 0 saturated carbocycles. The molecule has 0 bridgehead atoms. The third-order valence-electron chi connectivity index (χ3n) is 6.15. The Morgan fingerprint density at radius 3 is 2.42 bits per heavy atom. The van der Waals surface area contributed by atoms with Gasteiger partial charge in [-0.05, 0) is 48.2 Å². The summed E-state index contributed by atoms with van der Waals surface area (Å²) in [6.45, 7) is 4.09. The number of ether oxygens (including phenoxy) is 1. The number of benzene rings is 3. The van der Waals surface area contributed by atoms with E-state index in [1.165, 1.54) is 0 Å². The van der Waals surface area contributed by atoms with E-state index in [4.69, 9.17) is 4.74 Å². The molecular formula is C31H33N3O2. The first kappa shape index (κ1) is 25.0. The summed E-state index contributed by atoms with van der Waals surface area (Å²) in [6.07, 6.45) is 8.07. The molecule has 0 aliphatic carbocycles. The van der Waals surface area contributed by atoms with Crippen LogP contribution in [-0.2, 0) is 11.2 Å². The van der Waals surface area contributed by atoms with Crippen molar-refractivity contribution >= 4 is 12.0 Å². The third-order valence-corrected chi connectivity index (χ3v) is 6.15. The second kappa shape index (κ2) is 12.0. The molecule has 1 amide bonds. The van der Waals surface area contributed by atoms with Crippen LogP contribution < -0.4 is 10.1 Å². The fourth-order valence-electron chi connectivity index (χ4n) is 4.31. The largest absolute Gasteiger partial charge is 0.495 e. The molecule has 1 N–H and O–H groups in total. The number of amides is 1. The van der Waals surface area contributed by atoms with E-state index in [1.54, 1.807) is 13.4 Å². The first-order valence-electron chi connectivity index (χ1n) is 12.4. The van der Waals surface area contributed by atoms with Gasteiger partial charge in [-0.2, -0.15) is 0 Å². The molecule has 4 aromatic rings. The summed E-state index contributed by atoms with van der Waals surface area (Å²) in [6, 6.07) is 26.2. The zero-order valence-corrected chi connectivity index (χ0v) is 21.1. The molecule has 36 heavy (non-hydrogen) atoms. The molecule has 0 aliphatic heterocycles. The zero-order valence-electron chi connectivity index (χ0n) is 21.1. The van der Waals surface area contributed by atoms with E-state index in [0.717, 1.165) is 40.9 Å². The van der Waals surface area contributed by atoms with Crippen molar-refractivity contribution in [2.75, 3.05) is 7.11 Å². The number of methoxy groups -OCH3 is 1. The third kappa shape index (κ3) is 6.30. The molecule has 184 valence electrons. The van der Waals surface area contributed by atoms with Crippen LogP contribution in [0.2, 0.25) is 0 Å². The minimum atomic E-state index is -0.0607. The molecule has 0 spiro atoms. The lowest BCUT2D eigenvalue weighted by atomic mass is 9.98. The maximum Gasteiger partial charge on any atom is 0.248 e. The van der Waals surface area contributed by atoms with E-state index >= 15 is 0 Å². The van der Waals surface area contributed by atoms with Crippen molar-refractivity contribution in [2.24, 2.45) is 0 Å². The van der Waals surface area contributed by atoms with Gasteiger partial charge in [0.25, 0.3) is 0 Å². The number of nitrogens with one attached hydrogen (secondary N) is 1. The predicted octanol–water partition coefficient (Wildman–Crippen LogP) is 6.47. The molecule has 5 nitrogen and oxygen atoms in total. The summed E-state index contributed by atoms with van der Waals surface area (Å²) in [7, 11) is 1.66. The Morgan fingerprint density at radius 2 is 1.78 bits per heavy atom. The number of hydrogen-bond acceptors (Lipinski definition) is 3. The van der Waals surface area contributed by atoms with Crippen LogP contribution in [0.25, 0.3) is 11.8 Å². The summed E-state index contributed by atoms with van der Waals surface area (Å²) >= 11 is 0. The highest BCUT2D eigenvalue weighted by molar-refractivity contribution is 5.98. The van der Waals surface area contributed by atoms with Gasteiger partial charge in [-0.15, -0.1) is 0 Å². The Labute approximate surface area is 213 Å². The number of carbonyl (C=O) groups is 1. The molecule has 1 heterocycles. The number of imidazole rings is 1. The van der Waals surface area contributed by atoms with Crippen LogP contribution in [0.3, 0.4) is 0 Å². The molecule has 3 aromatic carbocycles. The SMILES string of the molecule is CCCC(NC(=O)/C(=C/c1ccc(-n2cnc(C)c2)c(OC)c1)Cc1ccccc1)c1ccccc1. The first-order chi connectivity index (χ1) is 17.6. The summed E-state index contributed by atoms with van der Waals surface area (Å²) in [4.78, 5) is 18.0. The normalized spacial score (nSPS) is 12.2. The Kier molecular flexibility index (Phi) is 8.35. The van der Waals surface area contributed by atoms with Gasteiger partial charge < -0.3 is 14.6 Å². The number of rotatable bonds is 10. The van der Waals surface area contributed by atoms with E-state index in [9.17, 15) is 4.79 Å². The van der Waals surface area contributed by atoms with Crippen LogP contribution in [0.5, 0.6) is 5.75 Å². The van der Waals surface area contributed by atoms with Crippen molar-refractivity contribution in [1.29, 1.82) is 0 Å². The smallest absolute Gasteiger partial charge is 0.248 e. The number of aromatic nitrogens is 2. The molecule has 0 radical (unpaired) electrons. The number of nitrogens with zero attached hydrogens (tertiary/aromatic N) is 2. The van der Waals surface area contributed by atoms with Gasteiger partial charge in [0.2, 0.25) is 5.91 Å². The highest BCUT2D eigenvalue weighted by atomic mass is 16.5. The molecule has 1 aromatic heterocycles. The monoisotopic (exact) mass is 479 g/mol. The van der Waals surface area contributed by atoms with Gasteiger partial charge in [-0.1, -0.05) is 80.1 Å². The number of carbonyl (C=O) groups excluding carboxylic acids is 1. The first-order valence-corrected chi connectivity index (χ1v) is 12.4. The lowest BCUT2D eigenvalue weighted by molar-refractivity contribution is -0.118. The van der Waals surface area contributed by atoms with Gasteiger partial charge in [-0.3, -0.25) is 4.79 Å². The Hall–Kier alpha value is -4.12. The second-order valence-electron chi connectivity index (χ2n) is 8.91. The molecule has 0 saturated heterocycles. The minimum absolute atomic E-state index is 0.0377. The van der Waals surface area contributed by atoms with E-state index in [0.29, 0.717) is 17.7 Å². The van der Waals surface area contributed by atoms with Crippen LogP contribution in [0.15, 0.2) is 97.0 Å². The number of hydrogen-bond donors (Lipinski definition) is 1. The molecule has 0 fully saturated rings. The van der Waals surface area contributed by atoms with Gasteiger partial charge >= 0.3 is 0 Å². The van der Waals surface area contributed by atoms with E-state index in [2.05, 4.69) is 29.4 Å². The highest BCUT2D eigenvalue weighted by Gasteiger charge is 2.18. The molecular weight excluding hydrogens is 446 g/mol. The van der Waals surface area contributed by atoms with Crippen molar-refractivity contribution in [3.63, 3.8) is 0 Å². The Morgan fingerprint density at radius 1 is 1.06 bits per heavy atom. The van der Waals surface area contributed by atoms with Gasteiger partial charge in [0, 0.05) is 18.2 Å². The maximum atomic E-state index is 13.6. The summed E-state index contributed by atoms with van der Waals surface area (Å²) < 4.78 is 7.62. The fraction of sp³-hybridized carbons (Fsp3) is 0.226. The average Bonchev–Trinajstić information content (AvgIpc) is 3.35. The predicted molar refractivity (Wildman–Crippen MR) is 145 cm³/mol. The molecule has 0 aliphatic rings. The molecule has 1 atom stereocenters. The summed E-state index contributed by atoms with van der Waals surface area (Å²) in [5.74, 6) is 0.656. The molecule has 1 unspecified atom stereocenters. The van der Waals surface area contributed by atoms with Gasteiger partial charge in [0.05, 0.1) is 30.9 Å². The summed E-state index contributed by atoms with van der Waals surface area (Å²) in [5, 5.41) is 3.29. The van der Waals surface area contributed by atoms with E-state index in [1.807, 2.05) is 90.5 Å². The van der Waals surface area contributed by atoms with Crippen molar-refractivity contribution < 1.29 is 9.53 Å². The van der Waals surface area contributed by atoms with E-state index < -0.39 is 0 Å². The van der Waals surface area contributed by atoms with E-state index in [-0.39, 0.29) is 11.9 Å². The van der Waals surface area contributed by atoms with Crippen LogP contribution in [0.4, 0.5) is 0 Å². The van der Waals surface area contributed by atoms with Crippen LogP contribution in [0.1, 0.15) is 48.2 Å². The van der Waals surface area contributed by atoms with Crippen LogP contribution in [0, 0.1) is 6.92 Å². The Balaban J connectivity index is 1.67. The average molecular weight is 480 g/mol. The topological polar surface area (TPSA) is 56.2 Å². The maximum absolute atomic E-state index is 13.6. The second-order valence-corrected chi connectivity index (χ2v) is 8.91. The molecule has 5 heteroatoms. The van der Waals surface area contributed by atoms with Crippen LogP contribution >= 0.6 is 0 Å². The highest BCUT2D eigenvalue weighted by Crippen LogP contribution is 2.27. The summed E-state index contributed by atoms with van der Waals surface area (Å²) in [5.41, 5.74) is 5.64. The quantitative estimate of drug-likeness (QED) is 0.265. The van der Waals surface area contributed by atoms with Gasteiger partial charge in [-0.25, -0.2) is 4.98 Å². The lowest BCUT2D eigenvalue weighted by Crippen LogP contribution is -2.30. The Bertz CT molecular complexity index is 1310. The van der Waals surface area contributed by atoms with Gasteiger partial charge in [0.1, 0.15) is 5.75 Å². The van der Waals surface area contributed by atoms with Crippen molar-refractivity contribution in [3.8, 4) is 11.4 Å². The van der Waals surface area contributed by atoms with Crippen molar-refractivity contribution in [1.82, 2.24) is 14.9 Å². The molecule has 4 rings (SSSR count). The minimum Gasteiger partial charge on any atom is -0.495 e. The van der Waals surface area contributed by atoms with Crippen molar-refractivity contribution in [3.05, 3.63) is 119 Å². The standard InChI is InChI=1S/C31H33N3O2/c1-4-11-28(26-14-9-6-10-15-26)33-31(35)27(18-24-12-7-5-8-13-24)19-25-16-17-29(30(20-25)36-3)34-21-23(2)32-22-34/h5-10,12-17,19-22,28H,4,11,18H2,1-3H3,(H,33,35)/b27-19+. The van der Waals surface area contributed by atoms with Crippen molar-refractivity contribution in [2.45, 2.75) is 39.2 Å². The van der Waals surface area contributed by atoms with Gasteiger partial charge in [0.15, 0.2) is 0 Å². The van der Waals surface area contributed by atoms with Crippen LogP contribution in [-0.4, -0.2) is 22.6 Å². The number of aryl methyl sites for hydroxylation is 1. The lowest BCUT2D eigenvalue weighted by Gasteiger charge is -2.20. The fourth-order valence-corrected chi connectivity index (χ4v) is 4.31.